The summed E-state index contributed by atoms with van der Waals surface area (Å²) >= 11 is 6.35. The van der Waals surface area contributed by atoms with Crippen molar-refractivity contribution in [3.63, 3.8) is 0 Å². The van der Waals surface area contributed by atoms with Gasteiger partial charge in [0.15, 0.2) is 11.5 Å². The van der Waals surface area contributed by atoms with E-state index in [-0.39, 0.29) is 5.91 Å². The number of methoxy groups -OCH3 is 2. The highest BCUT2D eigenvalue weighted by atomic mass is 35.5. The molecule has 0 unspecified atom stereocenters. The number of ether oxygens (including phenoxy) is 3. The molecule has 5 nitrogen and oxygen atoms in total. The van der Waals surface area contributed by atoms with Gasteiger partial charge < -0.3 is 19.5 Å². The molecule has 0 radical (unpaired) electrons. The second-order valence-electron chi connectivity index (χ2n) is 6.68. The molecule has 6 heteroatoms. The second kappa shape index (κ2) is 9.51. The number of carbonyl (C=O) groups excluding carboxylic acids is 1. The Balaban J connectivity index is 2.24. The molecule has 1 amide bonds. The van der Waals surface area contributed by atoms with Gasteiger partial charge in [0.05, 0.1) is 31.5 Å². The van der Waals surface area contributed by atoms with Gasteiger partial charge in [0, 0.05) is 5.56 Å². The quantitative estimate of drug-likeness (QED) is 0.659. The average molecular weight is 392 g/mol. The first-order chi connectivity index (χ1) is 12.8. The van der Waals surface area contributed by atoms with Crippen LogP contribution in [-0.2, 0) is 0 Å². The van der Waals surface area contributed by atoms with E-state index in [0.717, 1.165) is 12.0 Å². The fourth-order valence-corrected chi connectivity index (χ4v) is 2.77. The van der Waals surface area contributed by atoms with E-state index in [9.17, 15) is 4.79 Å². The highest BCUT2D eigenvalue weighted by molar-refractivity contribution is 6.32. The fraction of sp³-hybridized carbons (Fsp3) is 0.381. The number of nitrogens with one attached hydrogen (secondary N) is 1. The molecule has 0 bridgehead atoms. The van der Waals surface area contributed by atoms with E-state index in [0.29, 0.717) is 46.0 Å². The zero-order valence-corrected chi connectivity index (χ0v) is 17.1. The minimum atomic E-state index is -0.312. The SMILES string of the molecule is COc1ccc(C)cc1NC(=O)c1cc(Cl)c(OCCC(C)C)c(OC)c1. The third-order valence-electron chi connectivity index (χ3n) is 4.04. The van der Waals surface area contributed by atoms with E-state index in [4.69, 9.17) is 25.8 Å². The highest BCUT2D eigenvalue weighted by Gasteiger charge is 2.17. The number of rotatable bonds is 8. The Bertz CT molecular complexity index is 805. The van der Waals surface area contributed by atoms with Crippen LogP contribution in [0.4, 0.5) is 5.69 Å². The molecule has 0 aliphatic rings. The van der Waals surface area contributed by atoms with Gasteiger partial charge in [-0.15, -0.1) is 0 Å². The molecule has 27 heavy (non-hydrogen) atoms. The van der Waals surface area contributed by atoms with Crippen LogP contribution >= 0.6 is 11.6 Å². The number of carbonyl (C=O) groups is 1. The van der Waals surface area contributed by atoms with E-state index < -0.39 is 0 Å². The smallest absolute Gasteiger partial charge is 0.255 e. The van der Waals surface area contributed by atoms with Crippen molar-refractivity contribution in [2.45, 2.75) is 27.2 Å². The van der Waals surface area contributed by atoms with Gasteiger partial charge in [-0.25, -0.2) is 0 Å². The molecule has 2 rings (SSSR count). The third-order valence-corrected chi connectivity index (χ3v) is 4.32. The molecule has 2 aromatic rings. The van der Waals surface area contributed by atoms with Gasteiger partial charge >= 0.3 is 0 Å². The van der Waals surface area contributed by atoms with Crippen LogP contribution in [0.5, 0.6) is 17.2 Å². The highest BCUT2D eigenvalue weighted by Crippen LogP contribution is 2.37. The molecule has 0 saturated heterocycles. The van der Waals surface area contributed by atoms with Gasteiger partial charge in [-0.2, -0.15) is 0 Å². The Morgan fingerprint density at radius 3 is 2.44 bits per heavy atom. The van der Waals surface area contributed by atoms with Crippen LogP contribution in [0.2, 0.25) is 5.02 Å². The normalized spacial score (nSPS) is 10.6. The molecule has 0 fully saturated rings. The van der Waals surface area contributed by atoms with Crippen LogP contribution in [0.15, 0.2) is 30.3 Å². The van der Waals surface area contributed by atoms with Crippen molar-refractivity contribution in [1.82, 2.24) is 0 Å². The van der Waals surface area contributed by atoms with Gasteiger partial charge in [-0.05, 0) is 49.1 Å². The van der Waals surface area contributed by atoms with E-state index in [1.165, 1.54) is 7.11 Å². The molecule has 1 N–H and O–H groups in total. The summed E-state index contributed by atoms with van der Waals surface area (Å²) in [6.45, 7) is 6.71. The summed E-state index contributed by atoms with van der Waals surface area (Å²) in [6, 6.07) is 8.77. The molecule has 146 valence electrons. The minimum Gasteiger partial charge on any atom is -0.495 e. The topological polar surface area (TPSA) is 56.8 Å². The maximum absolute atomic E-state index is 12.7. The lowest BCUT2D eigenvalue weighted by atomic mass is 10.1. The predicted octanol–water partition coefficient (Wildman–Crippen LogP) is 5.34. The Morgan fingerprint density at radius 1 is 1.11 bits per heavy atom. The maximum Gasteiger partial charge on any atom is 0.255 e. The molecule has 0 heterocycles. The molecule has 2 aromatic carbocycles. The van der Waals surface area contributed by atoms with Gasteiger partial charge in [0.1, 0.15) is 5.75 Å². The van der Waals surface area contributed by atoms with E-state index >= 15 is 0 Å². The Hall–Kier alpha value is -2.40. The van der Waals surface area contributed by atoms with Crippen LogP contribution in [0.25, 0.3) is 0 Å². The number of aryl methyl sites for hydroxylation is 1. The molecule has 0 aliphatic carbocycles. The van der Waals surface area contributed by atoms with Crippen LogP contribution in [0, 0.1) is 12.8 Å². The first-order valence-electron chi connectivity index (χ1n) is 8.82. The van der Waals surface area contributed by atoms with Crippen molar-refractivity contribution < 1.29 is 19.0 Å². The van der Waals surface area contributed by atoms with E-state index in [2.05, 4.69) is 19.2 Å². The van der Waals surface area contributed by atoms with Crippen LogP contribution in [0.3, 0.4) is 0 Å². The molecular weight excluding hydrogens is 366 g/mol. The van der Waals surface area contributed by atoms with Crippen LogP contribution < -0.4 is 19.5 Å². The lowest BCUT2D eigenvalue weighted by Gasteiger charge is -2.15. The number of hydrogen-bond donors (Lipinski definition) is 1. The van der Waals surface area contributed by atoms with Gasteiger partial charge in [0.25, 0.3) is 5.91 Å². The van der Waals surface area contributed by atoms with Crippen molar-refractivity contribution in [2.75, 3.05) is 26.1 Å². The number of amides is 1. The lowest BCUT2D eigenvalue weighted by molar-refractivity contribution is 0.102. The van der Waals surface area contributed by atoms with Gasteiger partial charge in [-0.1, -0.05) is 31.5 Å². The zero-order valence-electron chi connectivity index (χ0n) is 16.4. The summed E-state index contributed by atoms with van der Waals surface area (Å²) in [7, 11) is 3.08. The van der Waals surface area contributed by atoms with Gasteiger partial charge in [-0.3, -0.25) is 4.79 Å². The zero-order chi connectivity index (χ0) is 20.0. The van der Waals surface area contributed by atoms with Crippen LogP contribution in [0.1, 0.15) is 36.2 Å². The predicted molar refractivity (Wildman–Crippen MR) is 109 cm³/mol. The first kappa shape index (κ1) is 20.9. The average Bonchev–Trinajstić information content (AvgIpc) is 2.62. The summed E-state index contributed by atoms with van der Waals surface area (Å²) in [5.41, 5.74) is 1.97. The van der Waals surface area contributed by atoms with Gasteiger partial charge in [0.2, 0.25) is 0 Å². The molecule has 0 aliphatic heterocycles. The van der Waals surface area contributed by atoms with Crippen molar-refractivity contribution in [1.29, 1.82) is 0 Å². The van der Waals surface area contributed by atoms with E-state index in [1.807, 2.05) is 25.1 Å². The van der Waals surface area contributed by atoms with Crippen molar-refractivity contribution >= 4 is 23.2 Å². The minimum absolute atomic E-state index is 0.312. The Labute approximate surface area is 165 Å². The molecular formula is C21H26ClNO4. The molecule has 0 atom stereocenters. The maximum atomic E-state index is 12.7. The summed E-state index contributed by atoms with van der Waals surface area (Å²) in [6.07, 6.45) is 0.898. The second-order valence-corrected chi connectivity index (χ2v) is 7.09. The third kappa shape index (κ3) is 5.54. The standard InChI is InChI=1S/C21H26ClNO4/c1-13(2)8-9-27-20-16(22)11-15(12-19(20)26-5)21(24)23-17-10-14(3)6-7-18(17)25-4/h6-7,10-13H,8-9H2,1-5H3,(H,23,24). The van der Waals surface area contributed by atoms with Crippen LogP contribution in [-0.4, -0.2) is 26.7 Å². The number of halogens is 1. The summed E-state index contributed by atoms with van der Waals surface area (Å²) in [5.74, 6) is 1.66. The molecule has 0 aromatic heterocycles. The van der Waals surface area contributed by atoms with Crippen molar-refractivity contribution in [3.8, 4) is 17.2 Å². The number of anilines is 1. The Kier molecular flexibility index (Phi) is 7.36. The number of benzene rings is 2. The fourth-order valence-electron chi connectivity index (χ4n) is 2.50. The van der Waals surface area contributed by atoms with Crippen molar-refractivity contribution in [3.05, 3.63) is 46.5 Å². The lowest BCUT2D eigenvalue weighted by Crippen LogP contribution is -2.13. The summed E-state index contributed by atoms with van der Waals surface area (Å²) < 4.78 is 16.4. The van der Waals surface area contributed by atoms with Crippen molar-refractivity contribution in [2.24, 2.45) is 5.92 Å². The summed E-state index contributed by atoms with van der Waals surface area (Å²) in [4.78, 5) is 12.7. The Morgan fingerprint density at radius 2 is 1.81 bits per heavy atom. The first-order valence-corrected chi connectivity index (χ1v) is 9.19. The monoisotopic (exact) mass is 391 g/mol. The largest absolute Gasteiger partial charge is 0.495 e. The number of hydrogen-bond acceptors (Lipinski definition) is 4. The summed E-state index contributed by atoms with van der Waals surface area (Å²) in [5, 5.41) is 3.19. The van der Waals surface area contributed by atoms with E-state index in [1.54, 1.807) is 19.2 Å². The molecule has 0 spiro atoms. The molecule has 0 saturated carbocycles.